The zero-order chi connectivity index (χ0) is 13.0. The number of benzene rings is 1. The molecule has 2 N–H and O–H groups in total. The number of nitrogens with zero attached hydrogens (tertiary/aromatic N) is 2. The molecule has 1 aromatic heterocycles. The van der Waals surface area contributed by atoms with Crippen molar-refractivity contribution in [1.29, 1.82) is 0 Å². The van der Waals surface area contributed by atoms with Crippen LogP contribution in [0.15, 0.2) is 30.3 Å². The maximum atomic E-state index is 5.88. The first-order chi connectivity index (χ1) is 8.68. The van der Waals surface area contributed by atoms with Crippen molar-refractivity contribution in [2.45, 2.75) is 26.8 Å². The molecule has 4 heteroatoms. The Morgan fingerprint density at radius 3 is 2.56 bits per heavy atom. The minimum Gasteiger partial charge on any atom is -0.494 e. The molecule has 1 aromatic carbocycles. The second kappa shape index (κ2) is 5.58. The van der Waals surface area contributed by atoms with Gasteiger partial charge < -0.3 is 10.5 Å². The number of anilines is 1. The molecular weight excluding hydrogens is 226 g/mol. The van der Waals surface area contributed by atoms with Gasteiger partial charge in [0.25, 0.3) is 0 Å². The van der Waals surface area contributed by atoms with Gasteiger partial charge in [0.2, 0.25) is 0 Å². The molecule has 0 amide bonds. The summed E-state index contributed by atoms with van der Waals surface area (Å²) >= 11 is 0. The smallest absolute Gasteiger partial charge is 0.119 e. The molecule has 0 bridgehead atoms. The van der Waals surface area contributed by atoms with E-state index in [0.717, 1.165) is 35.8 Å². The number of aryl methyl sites for hydroxylation is 2. The lowest BCUT2D eigenvalue weighted by atomic mass is 10.3. The zero-order valence-corrected chi connectivity index (χ0v) is 10.9. The van der Waals surface area contributed by atoms with Crippen LogP contribution in [-0.2, 0) is 6.54 Å². The third kappa shape index (κ3) is 2.83. The summed E-state index contributed by atoms with van der Waals surface area (Å²) < 4.78 is 7.58. The van der Waals surface area contributed by atoms with Crippen LogP contribution in [0.2, 0.25) is 0 Å². The van der Waals surface area contributed by atoms with Crippen LogP contribution in [0.3, 0.4) is 0 Å². The van der Waals surface area contributed by atoms with Crippen molar-refractivity contribution in [2.24, 2.45) is 0 Å². The van der Waals surface area contributed by atoms with Gasteiger partial charge >= 0.3 is 0 Å². The molecule has 2 aromatic rings. The molecule has 0 aliphatic rings. The molecule has 2 rings (SSSR count). The van der Waals surface area contributed by atoms with E-state index in [1.54, 1.807) is 0 Å². The molecule has 1 heterocycles. The second-order valence-corrected chi connectivity index (χ2v) is 4.32. The van der Waals surface area contributed by atoms with Crippen molar-refractivity contribution in [2.75, 3.05) is 12.3 Å². The van der Waals surface area contributed by atoms with Gasteiger partial charge in [-0.25, -0.2) is 0 Å². The molecule has 0 aliphatic heterocycles. The Hall–Kier alpha value is -1.97. The summed E-state index contributed by atoms with van der Waals surface area (Å²) in [6.45, 7) is 5.44. The van der Waals surface area contributed by atoms with Gasteiger partial charge in [0.1, 0.15) is 5.75 Å². The summed E-state index contributed by atoms with van der Waals surface area (Å²) in [6.07, 6.45) is 0.913. The first-order valence-electron chi connectivity index (χ1n) is 6.16. The fraction of sp³-hybridized carbons (Fsp3) is 0.357. The van der Waals surface area contributed by atoms with E-state index in [9.17, 15) is 0 Å². The van der Waals surface area contributed by atoms with Crippen LogP contribution >= 0.6 is 0 Å². The molecule has 0 radical (unpaired) electrons. The van der Waals surface area contributed by atoms with Crippen molar-refractivity contribution >= 4 is 5.69 Å². The minimum atomic E-state index is 0.683. The van der Waals surface area contributed by atoms with E-state index in [4.69, 9.17) is 10.5 Å². The van der Waals surface area contributed by atoms with Crippen molar-refractivity contribution in [1.82, 2.24) is 9.78 Å². The van der Waals surface area contributed by atoms with Crippen LogP contribution in [0.25, 0.3) is 0 Å². The molecule has 0 spiro atoms. The highest BCUT2D eigenvalue weighted by Crippen LogP contribution is 2.15. The standard InChI is InChI=1S/C14H19N3O/c1-11-14(15)12(2)17(16-11)9-6-10-18-13-7-4-3-5-8-13/h3-5,7-8H,6,9-10,15H2,1-2H3. The van der Waals surface area contributed by atoms with Gasteiger partial charge in [-0.15, -0.1) is 0 Å². The lowest BCUT2D eigenvalue weighted by Gasteiger charge is -2.07. The molecule has 0 atom stereocenters. The second-order valence-electron chi connectivity index (χ2n) is 4.32. The van der Waals surface area contributed by atoms with Gasteiger partial charge in [-0.2, -0.15) is 5.10 Å². The highest BCUT2D eigenvalue weighted by Gasteiger charge is 2.07. The van der Waals surface area contributed by atoms with E-state index in [0.29, 0.717) is 6.61 Å². The van der Waals surface area contributed by atoms with Crippen molar-refractivity contribution in [3.05, 3.63) is 41.7 Å². The highest BCUT2D eigenvalue weighted by molar-refractivity contribution is 5.46. The van der Waals surface area contributed by atoms with E-state index >= 15 is 0 Å². The van der Waals surface area contributed by atoms with E-state index in [2.05, 4.69) is 5.10 Å². The Balaban J connectivity index is 1.80. The molecular formula is C14H19N3O. The normalized spacial score (nSPS) is 10.6. The molecule has 4 nitrogen and oxygen atoms in total. The lowest BCUT2D eigenvalue weighted by molar-refractivity contribution is 0.298. The third-order valence-corrected chi connectivity index (χ3v) is 2.96. The van der Waals surface area contributed by atoms with E-state index in [-0.39, 0.29) is 0 Å². The molecule has 0 saturated heterocycles. The number of rotatable bonds is 5. The summed E-state index contributed by atoms with van der Waals surface area (Å²) in [5.74, 6) is 0.908. The Kier molecular flexibility index (Phi) is 3.87. The molecule has 0 unspecified atom stereocenters. The molecule has 0 fully saturated rings. The molecule has 0 aliphatic carbocycles. The predicted molar refractivity (Wildman–Crippen MR) is 72.7 cm³/mol. The number of nitrogen functional groups attached to an aromatic ring is 1. The van der Waals surface area contributed by atoms with Gasteiger partial charge in [0, 0.05) is 13.0 Å². The van der Waals surface area contributed by atoms with Crippen LogP contribution < -0.4 is 10.5 Å². The van der Waals surface area contributed by atoms with Crippen molar-refractivity contribution in [3.63, 3.8) is 0 Å². The fourth-order valence-electron chi connectivity index (χ4n) is 1.85. The topological polar surface area (TPSA) is 53.1 Å². The Bertz CT molecular complexity index is 505. The van der Waals surface area contributed by atoms with Crippen molar-refractivity contribution < 1.29 is 4.74 Å². The van der Waals surface area contributed by atoms with Gasteiger partial charge in [-0.05, 0) is 26.0 Å². The number of para-hydroxylation sites is 1. The molecule has 96 valence electrons. The Morgan fingerprint density at radius 1 is 1.22 bits per heavy atom. The maximum Gasteiger partial charge on any atom is 0.119 e. The number of ether oxygens (including phenoxy) is 1. The number of aromatic nitrogens is 2. The average molecular weight is 245 g/mol. The van der Waals surface area contributed by atoms with E-state index in [1.807, 2.05) is 48.9 Å². The lowest BCUT2D eigenvalue weighted by Crippen LogP contribution is -2.07. The fourth-order valence-corrected chi connectivity index (χ4v) is 1.85. The zero-order valence-electron chi connectivity index (χ0n) is 10.9. The first-order valence-corrected chi connectivity index (χ1v) is 6.16. The quantitative estimate of drug-likeness (QED) is 0.824. The van der Waals surface area contributed by atoms with E-state index in [1.165, 1.54) is 0 Å². The summed E-state index contributed by atoms with van der Waals surface area (Å²) in [6, 6.07) is 9.84. The minimum absolute atomic E-state index is 0.683. The van der Waals surface area contributed by atoms with Crippen LogP contribution in [0.5, 0.6) is 5.75 Å². The monoisotopic (exact) mass is 245 g/mol. The first kappa shape index (κ1) is 12.5. The SMILES string of the molecule is Cc1nn(CCCOc2ccccc2)c(C)c1N. The third-order valence-electron chi connectivity index (χ3n) is 2.96. The van der Waals surface area contributed by atoms with Crippen LogP contribution in [0.4, 0.5) is 5.69 Å². The van der Waals surface area contributed by atoms with Crippen molar-refractivity contribution in [3.8, 4) is 5.75 Å². The van der Waals surface area contributed by atoms with Gasteiger partial charge in [0.05, 0.1) is 23.7 Å². The maximum absolute atomic E-state index is 5.88. The van der Waals surface area contributed by atoms with E-state index < -0.39 is 0 Å². The Labute approximate surface area is 107 Å². The van der Waals surface area contributed by atoms with Crippen LogP contribution in [-0.4, -0.2) is 16.4 Å². The molecule has 18 heavy (non-hydrogen) atoms. The number of nitrogens with two attached hydrogens (primary N) is 1. The van der Waals surface area contributed by atoms with Gasteiger partial charge in [-0.1, -0.05) is 18.2 Å². The van der Waals surface area contributed by atoms with Gasteiger partial charge in [-0.3, -0.25) is 4.68 Å². The highest BCUT2D eigenvalue weighted by atomic mass is 16.5. The average Bonchev–Trinajstić information content (AvgIpc) is 2.64. The van der Waals surface area contributed by atoms with Crippen LogP contribution in [0, 0.1) is 13.8 Å². The van der Waals surface area contributed by atoms with Gasteiger partial charge in [0.15, 0.2) is 0 Å². The largest absolute Gasteiger partial charge is 0.494 e. The number of hydrogen-bond acceptors (Lipinski definition) is 3. The summed E-state index contributed by atoms with van der Waals surface area (Å²) in [4.78, 5) is 0. The summed E-state index contributed by atoms with van der Waals surface area (Å²) in [5.41, 5.74) is 8.61. The number of hydrogen-bond donors (Lipinski definition) is 1. The predicted octanol–water partition coefficient (Wildman–Crippen LogP) is 2.55. The summed E-state index contributed by atoms with van der Waals surface area (Å²) in [5, 5.41) is 4.39. The molecule has 0 saturated carbocycles. The Morgan fingerprint density at radius 2 is 1.94 bits per heavy atom. The van der Waals surface area contributed by atoms with Crippen LogP contribution in [0.1, 0.15) is 17.8 Å². The summed E-state index contributed by atoms with van der Waals surface area (Å²) in [7, 11) is 0.